The van der Waals surface area contributed by atoms with Crippen LogP contribution in [0.2, 0.25) is 5.02 Å². The molecule has 2 heterocycles. The van der Waals surface area contributed by atoms with Crippen molar-refractivity contribution in [2.45, 2.75) is 24.7 Å². The highest BCUT2D eigenvalue weighted by atomic mass is 35.5. The molecule has 4 rings (SSSR count). The van der Waals surface area contributed by atoms with Crippen molar-refractivity contribution >= 4 is 23.4 Å². The van der Waals surface area contributed by atoms with Gasteiger partial charge in [0.2, 0.25) is 5.16 Å². The summed E-state index contributed by atoms with van der Waals surface area (Å²) in [6.07, 6.45) is 0.155. The van der Waals surface area contributed by atoms with Gasteiger partial charge in [0, 0.05) is 36.0 Å². The van der Waals surface area contributed by atoms with E-state index in [1.807, 2.05) is 18.2 Å². The first-order chi connectivity index (χ1) is 13.7. The Morgan fingerprint density at radius 1 is 1.21 bits per heavy atom. The summed E-state index contributed by atoms with van der Waals surface area (Å²) in [5.74, 6) is 1.62. The molecule has 2 aromatic carbocycles. The molecule has 1 saturated heterocycles. The average Bonchev–Trinajstić information content (AvgIpc) is 3.18. The minimum Gasteiger partial charge on any atom is -0.375 e. The molecule has 3 aromatic rings. The summed E-state index contributed by atoms with van der Waals surface area (Å²) in [4.78, 5) is 7.00. The summed E-state index contributed by atoms with van der Waals surface area (Å²) in [6.45, 7) is 5.46. The van der Waals surface area contributed by atoms with E-state index in [1.54, 1.807) is 11.8 Å². The number of aromatic nitrogens is 3. The fourth-order valence-electron chi connectivity index (χ4n) is 3.21. The van der Waals surface area contributed by atoms with Crippen molar-refractivity contribution in [2.75, 3.05) is 25.4 Å². The fourth-order valence-corrected chi connectivity index (χ4v) is 4.21. The van der Waals surface area contributed by atoms with Crippen LogP contribution in [0.1, 0.15) is 11.1 Å². The summed E-state index contributed by atoms with van der Waals surface area (Å²) in [5.41, 5.74) is 3.44. The first-order valence-corrected chi connectivity index (χ1v) is 10.7. The molecule has 7 heteroatoms. The summed E-state index contributed by atoms with van der Waals surface area (Å²) in [6, 6.07) is 16.3. The molecule has 0 amide bonds. The van der Waals surface area contributed by atoms with Crippen molar-refractivity contribution in [1.82, 2.24) is 20.1 Å². The number of morpholine rings is 1. The molecule has 146 valence electrons. The first kappa shape index (κ1) is 19.5. The molecule has 1 fully saturated rings. The van der Waals surface area contributed by atoms with E-state index in [0.717, 1.165) is 59.1 Å². The minimum atomic E-state index is 0.155. The first-order valence-electron chi connectivity index (χ1n) is 9.37. The van der Waals surface area contributed by atoms with Gasteiger partial charge in [0.15, 0.2) is 5.82 Å². The van der Waals surface area contributed by atoms with Crippen molar-refractivity contribution < 1.29 is 4.74 Å². The molecule has 5 nitrogen and oxygen atoms in total. The van der Waals surface area contributed by atoms with Crippen LogP contribution in [-0.2, 0) is 11.3 Å². The highest BCUT2D eigenvalue weighted by Crippen LogP contribution is 2.23. The number of aryl methyl sites for hydroxylation is 1. The molecule has 0 spiro atoms. The monoisotopic (exact) mass is 414 g/mol. The van der Waals surface area contributed by atoms with E-state index in [2.05, 4.69) is 57.3 Å². The van der Waals surface area contributed by atoms with E-state index in [9.17, 15) is 0 Å². The van der Waals surface area contributed by atoms with Gasteiger partial charge >= 0.3 is 0 Å². The van der Waals surface area contributed by atoms with Crippen molar-refractivity contribution in [1.29, 1.82) is 0 Å². The van der Waals surface area contributed by atoms with Gasteiger partial charge in [0.25, 0.3) is 0 Å². The van der Waals surface area contributed by atoms with E-state index < -0.39 is 0 Å². The number of halogens is 1. The highest BCUT2D eigenvalue weighted by Gasteiger charge is 2.22. The van der Waals surface area contributed by atoms with Gasteiger partial charge in [-0.3, -0.25) is 10.00 Å². The standard InChI is InChI=1S/C21H23ClN4OS/c1-15-6-8-16(9-7-15)20-23-21(25-24-20)28-14-18-13-26(10-11-27-18)12-17-4-2-3-5-19(17)22/h2-9,18H,10-14H2,1H3,(H,23,24,25)/t18-/m0/s1. The molecular weight excluding hydrogens is 392 g/mol. The van der Waals surface area contributed by atoms with Crippen LogP contribution in [-0.4, -0.2) is 51.6 Å². The molecule has 0 bridgehead atoms. The van der Waals surface area contributed by atoms with Gasteiger partial charge in [-0.1, -0.05) is 71.4 Å². The molecule has 1 atom stereocenters. The van der Waals surface area contributed by atoms with E-state index in [-0.39, 0.29) is 6.10 Å². The summed E-state index contributed by atoms with van der Waals surface area (Å²) in [7, 11) is 0. The number of aromatic amines is 1. The smallest absolute Gasteiger partial charge is 0.208 e. The van der Waals surface area contributed by atoms with Gasteiger partial charge in [-0.05, 0) is 18.6 Å². The number of H-pyrrole nitrogens is 1. The predicted molar refractivity (Wildman–Crippen MR) is 114 cm³/mol. The van der Waals surface area contributed by atoms with Gasteiger partial charge in [-0.25, -0.2) is 4.98 Å². The number of benzene rings is 2. The Morgan fingerprint density at radius 2 is 2.04 bits per heavy atom. The molecule has 0 unspecified atom stereocenters. The van der Waals surface area contributed by atoms with Crippen LogP contribution in [0.25, 0.3) is 11.4 Å². The van der Waals surface area contributed by atoms with Crippen LogP contribution in [0.15, 0.2) is 53.7 Å². The number of hydrogen-bond donors (Lipinski definition) is 1. The Bertz CT molecular complexity index is 915. The largest absolute Gasteiger partial charge is 0.375 e. The Hall–Kier alpha value is -1.86. The number of ether oxygens (including phenoxy) is 1. The zero-order chi connectivity index (χ0) is 19.3. The van der Waals surface area contributed by atoms with Gasteiger partial charge in [0.1, 0.15) is 0 Å². The highest BCUT2D eigenvalue weighted by molar-refractivity contribution is 7.99. The topological polar surface area (TPSA) is 54.0 Å². The van der Waals surface area contributed by atoms with E-state index in [4.69, 9.17) is 16.3 Å². The second-order valence-corrected chi connectivity index (χ2v) is 8.36. The zero-order valence-electron chi connectivity index (χ0n) is 15.8. The van der Waals surface area contributed by atoms with Crippen LogP contribution in [0.5, 0.6) is 0 Å². The lowest BCUT2D eigenvalue weighted by Crippen LogP contribution is -2.43. The predicted octanol–water partition coefficient (Wildman–Crippen LogP) is 4.43. The third-order valence-electron chi connectivity index (χ3n) is 4.76. The third-order valence-corrected chi connectivity index (χ3v) is 6.11. The SMILES string of the molecule is Cc1ccc(-c2nc(SC[C@@H]3CN(Cc4ccccc4Cl)CCO3)n[nH]2)cc1. The molecule has 0 radical (unpaired) electrons. The summed E-state index contributed by atoms with van der Waals surface area (Å²) in [5, 5.41) is 8.94. The van der Waals surface area contributed by atoms with Crippen LogP contribution >= 0.6 is 23.4 Å². The lowest BCUT2D eigenvalue weighted by molar-refractivity contribution is -0.0187. The zero-order valence-corrected chi connectivity index (χ0v) is 17.3. The Kier molecular flexibility index (Phi) is 6.32. The second-order valence-electron chi connectivity index (χ2n) is 6.96. The van der Waals surface area contributed by atoms with Crippen LogP contribution in [0, 0.1) is 6.92 Å². The van der Waals surface area contributed by atoms with Crippen LogP contribution in [0.3, 0.4) is 0 Å². The lowest BCUT2D eigenvalue weighted by atomic mass is 10.1. The number of hydrogen-bond acceptors (Lipinski definition) is 5. The van der Waals surface area contributed by atoms with Crippen LogP contribution < -0.4 is 0 Å². The maximum atomic E-state index is 6.30. The lowest BCUT2D eigenvalue weighted by Gasteiger charge is -2.32. The van der Waals surface area contributed by atoms with Gasteiger partial charge < -0.3 is 4.74 Å². The molecule has 1 N–H and O–H groups in total. The maximum absolute atomic E-state index is 6.30. The molecule has 0 saturated carbocycles. The minimum absolute atomic E-state index is 0.155. The Labute approximate surface area is 174 Å². The summed E-state index contributed by atoms with van der Waals surface area (Å²) >= 11 is 7.93. The number of rotatable bonds is 6. The second kappa shape index (κ2) is 9.09. The maximum Gasteiger partial charge on any atom is 0.208 e. The van der Waals surface area contributed by atoms with Crippen LogP contribution in [0.4, 0.5) is 0 Å². The quantitative estimate of drug-likeness (QED) is 0.605. The van der Waals surface area contributed by atoms with Gasteiger partial charge in [0.05, 0.1) is 12.7 Å². The number of nitrogens with one attached hydrogen (secondary N) is 1. The Balaban J connectivity index is 1.31. The fraction of sp³-hybridized carbons (Fsp3) is 0.333. The average molecular weight is 415 g/mol. The number of nitrogens with zero attached hydrogens (tertiary/aromatic N) is 3. The van der Waals surface area contributed by atoms with Crippen molar-refractivity contribution in [3.8, 4) is 11.4 Å². The van der Waals surface area contributed by atoms with Crippen molar-refractivity contribution in [2.24, 2.45) is 0 Å². The molecule has 28 heavy (non-hydrogen) atoms. The normalized spacial score (nSPS) is 17.7. The van der Waals surface area contributed by atoms with E-state index in [0.29, 0.717) is 0 Å². The molecule has 0 aliphatic carbocycles. The van der Waals surface area contributed by atoms with E-state index >= 15 is 0 Å². The Morgan fingerprint density at radius 3 is 2.86 bits per heavy atom. The van der Waals surface area contributed by atoms with Gasteiger partial charge in [-0.2, -0.15) is 0 Å². The molecule has 1 aromatic heterocycles. The number of thioether (sulfide) groups is 1. The molecular formula is C21H23ClN4OS. The van der Waals surface area contributed by atoms with Crippen molar-refractivity contribution in [3.05, 3.63) is 64.7 Å². The van der Waals surface area contributed by atoms with Gasteiger partial charge in [-0.15, -0.1) is 5.10 Å². The summed E-state index contributed by atoms with van der Waals surface area (Å²) < 4.78 is 5.94. The third kappa shape index (κ3) is 4.94. The van der Waals surface area contributed by atoms with E-state index in [1.165, 1.54) is 5.56 Å². The molecule has 1 aliphatic heterocycles. The molecule has 1 aliphatic rings. The van der Waals surface area contributed by atoms with Crippen molar-refractivity contribution in [3.63, 3.8) is 0 Å².